The Kier molecular flexibility index (Phi) is 3.82. The SMILES string of the molecule is Cc1cn2c(C(=O)N[C@H](c3ccccn3)C3CC(O)C3)csc2n1. The lowest BCUT2D eigenvalue weighted by Gasteiger charge is -2.37. The molecule has 0 unspecified atom stereocenters. The molecule has 124 valence electrons. The monoisotopic (exact) mass is 342 g/mol. The largest absolute Gasteiger partial charge is 0.393 e. The number of aryl methyl sites for hydroxylation is 1. The fourth-order valence-electron chi connectivity index (χ4n) is 3.17. The van der Waals surface area contributed by atoms with Gasteiger partial charge in [0.2, 0.25) is 0 Å². The van der Waals surface area contributed by atoms with Crippen molar-refractivity contribution in [3.05, 3.63) is 53.1 Å². The first-order valence-electron chi connectivity index (χ1n) is 7.95. The number of aliphatic hydroxyl groups excluding tert-OH is 1. The van der Waals surface area contributed by atoms with Gasteiger partial charge >= 0.3 is 0 Å². The van der Waals surface area contributed by atoms with Crippen LogP contribution in [-0.4, -0.2) is 31.5 Å². The van der Waals surface area contributed by atoms with Crippen LogP contribution in [0.3, 0.4) is 0 Å². The molecule has 3 aromatic rings. The van der Waals surface area contributed by atoms with E-state index < -0.39 is 0 Å². The first-order valence-corrected chi connectivity index (χ1v) is 8.83. The lowest BCUT2D eigenvalue weighted by Crippen LogP contribution is -2.42. The van der Waals surface area contributed by atoms with E-state index in [2.05, 4.69) is 15.3 Å². The van der Waals surface area contributed by atoms with Crippen molar-refractivity contribution in [1.29, 1.82) is 0 Å². The van der Waals surface area contributed by atoms with Gasteiger partial charge in [-0.3, -0.25) is 14.2 Å². The van der Waals surface area contributed by atoms with E-state index in [1.54, 1.807) is 6.20 Å². The molecule has 1 aliphatic carbocycles. The molecule has 0 bridgehead atoms. The van der Waals surface area contributed by atoms with Gasteiger partial charge in [-0.2, -0.15) is 0 Å². The Hall–Kier alpha value is -2.25. The lowest BCUT2D eigenvalue weighted by molar-refractivity contribution is 0.0227. The second-order valence-corrected chi connectivity index (χ2v) is 7.08. The van der Waals surface area contributed by atoms with Crippen molar-refractivity contribution in [3.63, 3.8) is 0 Å². The minimum atomic E-state index is -0.276. The zero-order chi connectivity index (χ0) is 16.7. The van der Waals surface area contributed by atoms with Crippen LogP contribution in [0.25, 0.3) is 4.96 Å². The fourth-order valence-corrected chi connectivity index (χ4v) is 4.07. The van der Waals surface area contributed by atoms with Crippen LogP contribution < -0.4 is 5.32 Å². The highest BCUT2D eigenvalue weighted by molar-refractivity contribution is 7.15. The Bertz CT molecular complexity index is 867. The zero-order valence-corrected chi connectivity index (χ0v) is 14.0. The summed E-state index contributed by atoms with van der Waals surface area (Å²) >= 11 is 1.45. The van der Waals surface area contributed by atoms with Gasteiger partial charge in [-0.1, -0.05) is 6.07 Å². The summed E-state index contributed by atoms with van der Waals surface area (Å²) in [5.74, 6) is 0.0631. The third-order valence-corrected chi connectivity index (χ3v) is 5.32. The molecule has 0 aromatic carbocycles. The van der Waals surface area contributed by atoms with Gasteiger partial charge in [0, 0.05) is 17.8 Å². The first kappa shape index (κ1) is 15.3. The number of carbonyl (C=O) groups is 1. The number of rotatable bonds is 4. The third-order valence-electron chi connectivity index (χ3n) is 4.48. The van der Waals surface area contributed by atoms with Crippen molar-refractivity contribution in [2.45, 2.75) is 31.9 Å². The molecule has 1 fully saturated rings. The number of fused-ring (bicyclic) bond motifs is 1. The molecular formula is C17H18N4O2S. The summed E-state index contributed by atoms with van der Waals surface area (Å²) in [4.78, 5) is 22.4. The van der Waals surface area contributed by atoms with Gasteiger partial charge in [0.15, 0.2) is 4.96 Å². The van der Waals surface area contributed by atoms with Crippen LogP contribution in [-0.2, 0) is 0 Å². The number of nitrogens with one attached hydrogen (secondary N) is 1. The molecule has 0 spiro atoms. The fraction of sp³-hybridized carbons (Fsp3) is 0.353. The number of carbonyl (C=O) groups excluding carboxylic acids is 1. The molecule has 1 saturated carbocycles. The van der Waals surface area contributed by atoms with Crippen LogP contribution in [0, 0.1) is 12.8 Å². The topological polar surface area (TPSA) is 79.5 Å². The van der Waals surface area contributed by atoms with Gasteiger partial charge in [-0.05, 0) is 37.8 Å². The quantitative estimate of drug-likeness (QED) is 0.763. The Morgan fingerprint density at radius 1 is 1.46 bits per heavy atom. The number of imidazole rings is 1. The average Bonchev–Trinajstić information content (AvgIpc) is 3.09. The molecule has 24 heavy (non-hydrogen) atoms. The first-order chi connectivity index (χ1) is 11.6. The van der Waals surface area contributed by atoms with Gasteiger partial charge < -0.3 is 10.4 Å². The maximum atomic E-state index is 12.8. The molecule has 3 heterocycles. The summed E-state index contributed by atoms with van der Waals surface area (Å²) in [7, 11) is 0. The van der Waals surface area contributed by atoms with Gasteiger partial charge in [-0.25, -0.2) is 4.98 Å². The second kappa shape index (κ2) is 5.99. The number of pyridine rings is 1. The summed E-state index contributed by atoms with van der Waals surface area (Å²) in [6.07, 6.45) is 4.69. The van der Waals surface area contributed by atoms with Crippen molar-refractivity contribution < 1.29 is 9.90 Å². The van der Waals surface area contributed by atoms with Crippen LogP contribution in [0.4, 0.5) is 0 Å². The van der Waals surface area contributed by atoms with Crippen LogP contribution >= 0.6 is 11.3 Å². The lowest BCUT2D eigenvalue weighted by atomic mass is 9.76. The van der Waals surface area contributed by atoms with Crippen LogP contribution in [0.1, 0.15) is 40.8 Å². The number of thiazole rings is 1. The molecule has 7 heteroatoms. The minimum absolute atomic E-state index is 0.143. The predicted molar refractivity (Wildman–Crippen MR) is 91.0 cm³/mol. The maximum Gasteiger partial charge on any atom is 0.269 e. The van der Waals surface area contributed by atoms with E-state index in [0.29, 0.717) is 18.5 Å². The maximum absolute atomic E-state index is 12.8. The molecule has 1 amide bonds. The number of amides is 1. The molecule has 4 rings (SSSR count). The van der Waals surface area contributed by atoms with Crippen LogP contribution in [0.2, 0.25) is 0 Å². The van der Waals surface area contributed by atoms with Gasteiger partial charge in [0.05, 0.1) is 23.5 Å². The second-order valence-electron chi connectivity index (χ2n) is 6.25. The highest BCUT2D eigenvalue weighted by atomic mass is 32.1. The van der Waals surface area contributed by atoms with Crippen LogP contribution in [0.15, 0.2) is 36.0 Å². The van der Waals surface area contributed by atoms with Crippen molar-refractivity contribution >= 4 is 22.2 Å². The van der Waals surface area contributed by atoms with E-state index in [1.165, 1.54) is 11.3 Å². The molecule has 0 radical (unpaired) electrons. The average molecular weight is 342 g/mol. The Labute approximate surface area is 143 Å². The van der Waals surface area contributed by atoms with Crippen molar-refractivity contribution in [2.75, 3.05) is 0 Å². The molecule has 0 saturated heterocycles. The smallest absolute Gasteiger partial charge is 0.269 e. The Morgan fingerprint density at radius 3 is 3.00 bits per heavy atom. The standard InChI is InChI=1S/C17H18N4O2S/c1-10-8-21-14(9-24-17(21)19-10)16(23)20-15(11-6-12(22)7-11)13-4-2-3-5-18-13/h2-5,8-9,11-12,15,22H,6-7H2,1H3,(H,20,23)/t11?,12?,15-/m0/s1. The van der Waals surface area contributed by atoms with E-state index in [1.807, 2.05) is 41.1 Å². The summed E-state index contributed by atoms with van der Waals surface area (Å²) in [5, 5.41) is 14.6. The Balaban J connectivity index is 1.61. The van der Waals surface area contributed by atoms with E-state index in [4.69, 9.17) is 0 Å². The molecule has 0 aliphatic heterocycles. The van der Waals surface area contributed by atoms with Gasteiger partial charge in [-0.15, -0.1) is 11.3 Å². The van der Waals surface area contributed by atoms with E-state index in [9.17, 15) is 9.90 Å². The summed E-state index contributed by atoms with van der Waals surface area (Å²) in [6.45, 7) is 1.91. The zero-order valence-electron chi connectivity index (χ0n) is 13.2. The van der Waals surface area contributed by atoms with E-state index in [-0.39, 0.29) is 24.0 Å². The molecule has 2 N–H and O–H groups in total. The molecule has 3 aromatic heterocycles. The van der Waals surface area contributed by atoms with Gasteiger partial charge in [0.1, 0.15) is 5.69 Å². The molecular weight excluding hydrogens is 324 g/mol. The highest BCUT2D eigenvalue weighted by Crippen LogP contribution is 2.37. The number of aliphatic hydroxyl groups is 1. The highest BCUT2D eigenvalue weighted by Gasteiger charge is 2.36. The third kappa shape index (κ3) is 2.70. The van der Waals surface area contributed by atoms with Crippen molar-refractivity contribution in [2.24, 2.45) is 5.92 Å². The van der Waals surface area contributed by atoms with E-state index in [0.717, 1.165) is 16.3 Å². The summed E-state index contributed by atoms with van der Waals surface area (Å²) in [5.41, 5.74) is 2.30. The number of aromatic nitrogens is 3. The minimum Gasteiger partial charge on any atom is -0.393 e. The molecule has 1 aliphatic rings. The Morgan fingerprint density at radius 2 is 2.29 bits per heavy atom. The molecule has 6 nitrogen and oxygen atoms in total. The predicted octanol–water partition coefficient (Wildman–Crippen LogP) is 2.34. The number of hydrogen-bond donors (Lipinski definition) is 2. The number of hydrogen-bond acceptors (Lipinski definition) is 5. The van der Waals surface area contributed by atoms with Crippen molar-refractivity contribution in [1.82, 2.24) is 19.7 Å². The number of nitrogens with zero attached hydrogens (tertiary/aromatic N) is 3. The van der Waals surface area contributed by atoms with Crippen molar-refractivity contribution in [3.8, 4) is 0 Å². The summed E-state index contributed by atoms with van der Waals surface area (Å²) < 4.78 is 1.82. The normalized spacial score (nSPS) is 21.4. The van der Waals surface area contributed by atoms with Gasteiger partial charge in [0.25, 0.3) is 5.91 Å². The van der Waals surface area contributed by atoms with Crippen LogP contribution in [0.5, 0.6) is 0 Å². The summed E-state index contributed by atoms with van der Waals surface area (Å²) in [6, 6.07) is 5.50. The molecule has 1 atom stereocenters. The van der Waals surface area contributed by atoms with E-state index >= 15 is 0 Å².